The molecule has 3 aromatic heterocycles. The van der Waals surface area contributed by atoms with Crippen molar-refractivity contribution >= 4 is 27.5 Å². The Kier molecular flexibility index (Phi) is 6.93. The Balaban J connectivity index is 1.50. The van der Waals surface area contributed by atoms with Crippen LogP contribution in [-0.4, -0.2) is 44.6 Å². The van der Waals surface area contributed by atoms with Gasteiger partial charge in [-0.25, -0.2) is 4.79 Å². The first kappa shape index (κ1) is 24.5. The molecule has 1 unspecified atom stereocenters. The van der Waals surface area contributed by atoms with Crippen LogP contribution in [0.4, 0.5) is 0 Å². The lowest BCUT2D eigenvalue weighted by molar-refractivity contribution is -0.0774. The molecule has 3 heterocycles. The molecule has 0 aliphatic rings. The number of carbonyl (C=O) groups is 1. The van der Waals surface area contributed by atoms with Gasteiger partial charge in [0, 0.05) is 30.3 Å². The molecule has 10 heteroatoms. The first-order chi connectivity index (χ1) is 18.0. The Morgan fingerprint density at radius 2 is 1.89 bits per heavy atom. The summed E-state index contributed by atoms with van der Waals surface area (Å²) in [5.74, 6) is -0.172. The number of esters is 1. The lowest BCUT2D eigenvalue weighted by atomic mass is 9.98. The van der Waals surface area contributed by atoms with E-state index >= 15 is 0 Å². The molecule has 188 valence electrons. The molecule has 0 saturated carbocycles. The van der Waals surface area contributed by atoms with Gasteiger partial charge >= 0.3 is 5.97 Å². The van der Waals surface area contributed by atoms with Crippen molar-refractivity contribution in [1.29, 1.82) is 0 Å². The number of nitrogens with one attached hydrogen (secondary N) is 1. The zero-order valence-electron chi connectivity index (χ0n) is 20.6. The van der Waals surface area contributed by atoms with Crippen molar-refractivity contribution in [2.24, 2.45) is 0 Å². The van der Waals surface area contributed by atoms with Crippen molar-refractivity contribution in [3.8, 4) is 22.5 Å². The van der Waals surface area contributed by atoms with E-state index in [0.717, 1.165) is 38.4 Å². The van der Waals surface area contributed by atoms with E-state index in [9.17, 15) is 9.59 Å². The molecule has 37 heavy (non-hydrogen) atoms. The van der Waals surface area contributed by atoms with Crippen molar-refractivity contribution < 1.29 is 14.3 Å². The fourth-order valence-corrected chi connectivity index (χ4v) is 5.18. The number of ether oxygens (including phenoxy) is 2. The maximum Gasteiger partial charge on any atom is 0.345 e. The minimum atomic E-state index is -0.757. The summed E-state index contributed by atoms with van der Waals surface area (Å²) in [5, 5.41) is 14.9. The van der Waals surface area contributed by atoms with Gasteiger partial charge in [-0.15, -0.1) is 21.5 Å². The number of aryl methyl sites for hydroxylation is 1. The van der Waals surface area contributed by atoms with Crippen LogP contribution in [0.3, 0.4) is 0 Å². The van der Waals surface area contributed by atoms with E-state index in [1.54, 1.807) is 24.5 Å². The van der Waals surface area contributed by atoms with Crippen LogP contribution in [0.2, 0.25) is 0 Å². The smallest absolute Gasteiger partial charge is 0.345 e. The number of fused-ring (bicyclic) bond motifs is 1. The van der Waals surface area contributed by atoms with Crippen LogP contribution in [0.15, 0.2) is 65.6 Å². The molecular formula is C27H25N5O4S. The van der Waals surface area contributed by atoms with E-state index in [2.05, 4.69) is 20.6 Å². The van der Waals surface area contributed by atoms with E-state index < -0.39 is 12.3 Å². The van der Waals surface area contributed by atoms with Gasteiger partial charge in [-0.1, -0.05) is 55.5 Å². The van der Waals surface area contributed by atoms with E-state index in [0.29, 0.717) is 17.8 Å². The van der Waals surface area contributed by atoms with Crippen LogP contribution in [0, 0.1) is 0 Å². The average molecular weight is 516 g/mol. The molecule has 0 bridgehead atoms. The molecule has 0 radical (unpaired) electrons. The third kappa shape index (κ3) is 4.93. The molecule has 5 rings (SSSR count). The normalized spacial score (nSPS) is 12.1. The Morgan fingerprint density at radius 3 is 2.57 bits per heavy atom. The summed E-state index contributed by atoms with van der Waals surface area (Å²) in [6, 6.07) is 17.9. The topological polar surface area (TPSA) is 112 Å². The number of tetrazole rings is 1. The zero-order chi connectivity index (χ0) is 25.9. The number of H-pyrrole nitrogens is 1. The number of benzene rings is 2. The summed E-state index contributed by atoms with van der Waals surface area (Å²) in [4.78, 5) is 27.8. The van der Waals surface area contributed by atoms with Gasteiger partial charge in [0.05, 0.1) is 5.39 Å². The highest BCUT2D eigenvalue weighted by molar-refractivity contribution is 7.18. The molecule has 0 saturated heterocycles. The van der Waals surface area contributed by atoms with Crippen molar-refractivity contribution in [2.45, 2.75) is 33.1 Å². The highest BCUT2D eigenvalue weighted by Gasteiger charge is 2.20. The first-order valence-electron chi connectivity index (χ1n) is 11.8. The van der Waals surface area contributed by atoms with Gasteiger partial charge in [0.2, 0.25) is 11.3 Å². The van der Waals surface area contributed by atoms with Crippen LogP contribution in [-0.2, 0) is 22.4 Å². The molecule has 5 aromatic rings. The van der Waals surface area contributed by atoms with Crippen molar-refractivity contribution in [2.75, 3.05) is 7.11 Å². The summed E-state index contributed by atoms with van der Waals surface area (Å²) in [6.07, 6.45) is 1.63. The lowest BCUT2D eigenvalue weighted by Crippen LogP contribution is -2.24. The second kappa shape index (κ2) is 10.5. The number of thiophene rings is 1. The van der Waals surface area contributed by atoms with Gasteiger partial charge in [-0.05, 0) is 41.3 Å². The van der Waals surface area contributed by atoms with Crippen molar-refractivity contribution in [3.05, 3.63) is 87.0 Å². The van der Waals surface area contributed by atoms with Crippen molar-refractivity contribution in [3.63, 3.8) is 0 Å². The number of aromatic amines is 1. The Bertz CT molecular complexity index is 1610. The van der Waals surface area contributed by atoms with E-state index in [-0.39, 0.29) is 11.0 Å². The quantitative estimate of drug-likeness (QED) is 0.236. The minimum absolute atomic E-state index is 0.0116. The van der Waals surface area contributed by atoms with E-state index in [1.165, 1.54) is 7.11 Å². The first-order valence-corrected chi connectivity index (χ1v) is 12.6. The highest BCUT2D eigenvalue weighted by Crippen LogP contribution is 2.30. The lowest BCUT2D eigenvalue weighted by Gasteiger charge is -2.14. The monoisotopic (exact) mass is 515 g/mol. The fourth-order valence-electron chi connectivity index (χ4n) is 4.12. The highest BCUT2D eigenvalue weighted by atomic mass is 32.1. The molecule has 0 aliphatic heterocycles. The van der Waals surface area contributed by atoms with Crippen LogP contribution in [0.25, 0.3) is 32.7 Å². The SMILES string of the molecule is CCc1cc2c(=O)c(C(=O)OC(C)OC)cn(Cc3ccc(-c4ccccc4-c4nn[nH]n4)cc3)c2s1. The molecule has 1 N–H and O–H groups in total. The third-order valence-corrected chi connectivity index (χ3v) is 7.42. The van der Waals surface area contributed by atoms with E-state index in [4.69, 9.17) is 9.47 Å². The van der Waals surface area contributed by atoms with E-state index in [1.807, 2.05) is 66.1 Å². The second-order valence-electron chi connectivity index (χ2n) is 8.47. The number of hydrogen-bond acceptors (Lipinski definition) is 8. The van der Waals surface area contributed by atoms with Gasteiger partial charge in [-0.3, -0.25) is 4.79 Å². The largest absolute Gasteiger partial charge is 0.432 e. The molecule has 9 nitrogen and oxygen atoms in total. The molecular weight excluding hydrogens is 490 g/mol. The van der Waals surface area contributed by atoms with Crippen LogP contribution >= 0.6 is 11.3 Å². The van der Waals surface area contributed by atoms with Gasteiger partial charge in [0.25, 0.3) is 0 Å². The molecule has 0 fully saturated rings. The van der Waals surface area contributed by atoms with Crippen LogP contribution < -0.4 is 5.43 Å². The van der Waals surface area contributed by atoms with Gasteiger partial charge in [-0.2, -0.15) is 5.21 Å². The summed E-state index contributed by atoms with van der Waals surface area (Å²) in [6.45, 7) is 4.13. The Labute approximate surface area is 216 Å². The molecule has 0 aliphatic carbocycles. The maximum absolute atomic E-state index is 13.1. The molecule has 0 spiro atoms. The summed E-state index contributed by atoms with van der Waals surface area (Å²) >= 11 is 1.56. The number of methoxy groups -OCH3 is 1. The second-order valence-corrected chi connectivity index (χ2v) is 9.59. The molecule has 1 atom stereocenters. The number of aromatic nitrogens is 5. The third-order valence-electron chi connectivity index (χ3n) is 6.10. The van der Waals surface area contributed by atoms with Crippen molar-refractivity contribution in [1.82, 2.24) is 25.2 Å². The van der Waals surface area contributed by atoms with Crippen LogP contribution in [0.5, 0.6) is 0 Å². The zero-order valence-corrected chi connectivity index (χ0v) is 21.4. The standard InChI is InChI=1S/C27H25N5O4S/c1-4-19-13-22-24(33)23(27(34)36-16(2)35-3)15-32(26(22)37-19)14-17-9-11-18(12-10-17)20-7-5-6-8-21(20)25-28-30-31-29-25/h5-13,15-16H,4,14H2,1-3H3,(H,28,29,30,31). The summed E-state index contributed by atoms with van der Waals surface area (Å²) < 4.78 is 12.2. The minimum Gasteiger partial charge on any atom is -0.432 e. The Morgan fingerprint density at radius 1 is 1.14 bits per heavy atom. The van der Waals surface area contributed by atoms with Gasteiger partial charge in [0.15, 0.2) is 6.29 Å². The number of carbonyl (C=O) groups excluding carboxylic acids is 1. The number of nitrogens with zero attached hydrogens (tertiary/aromatic N) is 4. The summed E-state index contributed by atoms with van der Waals surface area (Å²) in [5.41, 5.74) is 3.55. The maximum atomic E-state index is 13.1. The number of rotatable bonds is 8. The predicted octanol–water partition coefficient (Wildman–Crippen LogP) is 4.67. The summed E-state index contributed by atoms with van der Waals surface area (Å²) in [7, 11) is 1.44. The fraction of sp³-hybridized carbons (Fsp3) is 0.222. The number of hydrogen-bond donors (Lipinski definition) is 1. The molecule has 0 amide bonds. The van der Waals surface area contributed by atoms with Gasteiger partial charge < -0.3 is 14.0 Å². The predicted molar refractivity (Wildman–Crippen MR) is 142 cm³/mol. The molecule has 2 aromatic carbocycles. The Hall–Kier alpha value is -4.15. The van der Waals surface area contributed by atoms with Gasteiger partial charge in [0.1, 0.15) is 10.4 Å². The van der Waals surface area contributed by atoms with Crippen LogP contribution in [0.1, 0.15) is 34.6 Å². The number of pyridine rings is 1. The average Bonchev–Trinajstić information content (AvgIpc) is 3.61.